The van der Waals surface area contributed by atoms with Gasteiger partial charge in [-0.2, -0.15) is 0 Å². The zero-order valence-corrected chi connectivity index (χ0v) is 12.4. The van der Waals surface area contributed by atoms with E-state index in [1.165, 1.54) is 11.1 Å². The average molecular weight is 260 g/mol. The van der Waals surface area contributed by atoms with E-state index in [1.807, 2.05) is 14.1 Å². The molecule has 1 N–H and O–H groups in total. The van der Waals surface area contributed by atoms with Gasteiger partial charge in [0.25, 0.3) is 0 Å². The molecule has 0 fully saturated rings. The molecule has 0 aliphatic carbocycles. The quantitative estimate of drug-likeness (QED) is 0.901. The molecule has 1 atom stereocenters. The van der Waals surface area contributed by atoms with E-state index in [1.54, 1.807) is 4.90 Å². The number of anilines is 1. The van der Waals surface area contributed by atoms with Crippen LogP contribution < -0.4 is 10.2 Å². The molecule has 19 heavy (non-hydrogen) atoms. The number of carbonyl (C=O) groups is 1. The van der Waals surface area contributed by atoms with Crippen LogP contribution in [0.25, 0.3) is 0 Å². The lowest BCUT2D eigenvalue weighted by molar-refractivity contribution is -0.118. The minimum Gasteiger partial charge on any atom is -0.316 e. The SMILES string of the molecule is CNC(Cc1ccc2c(c1)CCC(=O)N2C)C(C)C. The number of hydrogen-bond donors (Lipinski definition) is 1. The van der Waals surface area contributed by atoms with E-state index in [0.29, 0.717) is 18.4 Å². The molecule has 0 saturated carbocycles. The predicted molar refractivity (Wildman–Crippen MR) is 79.6 cm³/mol. The fraction of sp³-hybridized carbons (Fsp3) is 0.562. The molecule has 0 radical (unpaired) electrons. The highest BCUT2D eigenvalue weighted by molar-refractivity contribution is 5.95. The number of nitrogens with zero attached hydrogens (tertiary/aromatic N) is 1. The summed E-state index contributed by atoms with van der Waals surface area (Å²) < 4.78 is 0. The van der Waals surface area contributed by atoms with E-state index in [4.69, 9.17) is 0 Å². The summed E-state index contributed by atoms with van der Waals surface area (Å²) in [6.07, 6.45) is 2.55. The lowest BCUT2D eigenvalue weighted by Gasteiger charge is -2.27. The highest BCUT2D eigenvalue weighted by Crippen LogP contribution is 2.28. The fourth-order valence-electron chi connectivity index (χ4n) is 2.76. The molecule has 1 unspecified atom stereocenters. The molecule has 0 saturated heterocycles. The Labute approximate surface area is 116 Å². The van der Waals surface area contributed by atoms with Crippen LogP contribution in [0.4, 0.5) is 5.69 Å². The van der Waals surface area contributed by atoms with Gasteiger partial charge in [-0.05, 0) is 43.0 Å². The molecule has 2 rings (SSSR count). The van der Waals surface area contributed by atoms with Crippen LogP contribution in [0.5, 0.6) is 0 Å². The Balaban J connectivity index is 2.20. The van der Waals surface area contributed by atoms with E-state index in [-0.39, 0.29) is 5.91 Å². The summed E-state index contributed by atoms with van der Waals surface area (Å²) in [5.74, 6) is 0.834. The molecule has 1 heterocycles. The molecule has 1 aromatic rings. The molecule has 0 spiro atoms. The lowest BCUT2D eigenvalue weighted by atomic mass is 9.93. The highest BCUT2D eigenvalue weighted by atomic mass is 16.2. The van der Waals surface area contributed by atoms with Crippen molar-refractivity contribution in [3.63, 3.8) is 0 Å². The first-order chi connectivity index (χ1) is 9.02. The number of carbonyl (C=O) groups excluding carboxylic acids is 1. The molecule has 104 valence electrons. The van der Waals surface area contributed by atoms with Crippen LogP contribution in [0.3, 0.4) is 0 Å². The van der Waals surface area contributed by atoms with Crippen LogP contribution in [-0.2, 0) is 17.6 Å². The van der Waals surface area contributed by atoms with Gasteiger partial charge in [-0.1, -0.05) is 26.0 Å². The maximum atomic E-state index is 11.7. The smallest absolute Gasteiger partial charge is 0.227 e. The topological polar surface area (TPSA) is 32.3 Å². The van der Waals surface area contributed by atoms with Crippen molar-refractivity contribution >= 4 is 11.6 Å². The van der Waals surface area contributed by atoms with Gasteiger partial charge in [0.05, 0.1) is 0 Å². The van der Waals surface area contributed by atoms with E-state index >= 15 is 0 Å². The van der Waals surface area contributed by atoms with E-state index in [9.17, 15) is 4.79 Å². The highest BCUT2D eigenvalue weighted by Gasteiger charge is 2.21. The molecule has 1 aliphatic rings. The summed E-state index contributed by atoms with van der Waals surface area (Å²) in [4.78, 5) is 13.4. The number of rotatable bonds is 4. The van der Waals surface area contributed by atoms with Crippen molar-refractivity contribution in [2.45, 2.75) is 39.2 Å². The third-order valence-electron chi connectivity index (χ3n) is 4.12. The van der Waals surface area contributed by atoms with Crippen LogP contribution in [0.1, 0.15) is 31.4 Å². The molecular weight excluding hydrogens is 236 g/mol. The Morgan fingerprint density at radius 2 is 2.05 bits per heavy atom. The number of aryl methyl sites for hydroxylation is 1. The summed E-state index contributed by atoms with van der Waals surface area (Å²) in [6.45, 7) is 4.48. The second-order valence-corrected chi connectivity index (χ2v) is 5.76. The summed E-state index contributed by atoms with van der Waals surface area (Å²) in [7, 11) is 3.89. The minimum absolute atomic E-state index is 0.218. The van der Waals surface area contributed by atoms with E-state index in [0.717, 1.165) is 18.5 Å². The first-order valence-corrected chi connectivity index (χ1v) is 7.08. The summed E-state index contributed by atoms with van der Waals surface area (Å²) in [6, 6.07) is 7.02. The van der Waals surface area contributed by atoms with Crippen molar-refractivity contribution in [3.8, 4) is 0 Å². The first kappa shape index (κ1) is 14.1. The number of nitrogens with one attached hydrogen (secondary N) is 1. The largest absolute Gasteiger partial charge is 0.316 e. The van der Waals surface area contributed by atoms with E-state index < -0.39 is 0 Å². The Kier molecular flexibility index (Phi) is 4.25. The van der Waals surface area contributed by atoms with Crippen LogP contribution in [-0.4, -0.2) is 26.0 Å². The van der Waals surface area contributed by atoms with Gasteiger partial charge in [0.15, 0.2) is 0 Å². The molecule has 1 aromatic carbocycles. The molecule has 1 amide bonds. The Morgan fingerprint density at radius 3 is 2.68 bits per heavy atom. The predicted octanol–water partition coefficient (Wildman–Crippen LogP) is 2.38. The third-order valence-corrected chi connectivity index (χ3v) is 4.12. The van der Waals surface area contributed by atoms with Crippen LogP contribution in [0.2, 0.25) is 0 Å². The number of fused-ring (bicyclic) bond motifs is 1. The maximum Gasteiger partial charge on any atom is 0.227 e. The number of benzene rings is 1. The van der Waals surface area contributed by atoms with Crippen LogP contribution in [0.15, 0.2) is 18.2 Å². The number of hydrogen-bond acceptors (Lipinski definition) is 2. The summed E-state index contributed by atoms with van der Waals surface area (Å²) >= 11 is 0. The van der Waals surface area contributed by atoms with Gasteiger partial charge in [-0.25, -0.2) is 0 Å². The minimum atomic E-state index is 0.218. The zero-order valence-electron chi connectivity index (χ0n) is 12.4. The Bertz CT molecular complexity index is 468. The average Bonchev–Trinajstić information content (AvgIpc) is 2.40. The standard InChI is InChI=1S/C16H24N2O/c1-11(2)14(17-3)10-12-5-7-15-13(9-12)6-8-16(19)18(15)4/h5,7,9,11,14,17H,6,8,10H2,1-4H3. The first-order valence-electron chi connectivity index (χ1n) is 7.08. The van der Waals surface area contributed by atoms with Crippen molar-refractivity contribution < 1.29 is 4.79 Å². The molecule has 1 aliphatic heterocycles. The van der Waals surface area contributed by atoms with Crippen LogP contribution >= 0.6 is 0 Å². The van der Waals surface area contributed by atoms with Crippen molar-refractivity contribution in [2.24, 2.45) is 5.92 Å². The Hall–Kier alpha value is -1.35. The van der Waals surface area contributed by atoms with Crippen molar-refractivity contribution in [2.75, 3.05) is 19.0 Å². The van der Waals surface area contributed by atoms with Gasteiger partial charge in [0.2, 0.25) is 5.91 Å². The number of amides is 1. The van der Waals surface area contributed by atoms with Gasteiger partial charge in [-0.15, -0.1) is 0 Å². The number of likely N-dealkylation sites (N-methyl/N-ethyl adjacent to an activating group) is 1. The van der Waals surface area contributed by atoms with Crippen molar-refractivity contribution in [1.82, 2.24) is 5.32 Å². The van der Waals surface area contributed by atoms with Gasteiger partial charge in [-0.3, -0.25) is 4.79 Å². The van der Waals surface area contributed by atoms with Gasteiger partial charge in [0, 0.05) is 25.2 Å². The third kappa shape index (κ3) is 2.98. The van der Waals surface area contributed by atoms with Gasteiger partial charge in [0.1, 0.15) is 0 Å². The zero-order chi connectivity index (χ0) is 14.0. The molecule has 0 aromatic heterocycles. The molecule has 3 heteroatoms. The lowest BCUT2D eigenvalue weighted by Crippen LogP contribution is -2.33. The monoisotopic (exact) mass is 260 g/mol. The fourth-order valence-corrected chi connectivity index (χ4v) is 2.76. The van der Waals surface area contributed by atoms with Gasteiger partial charge < -0.3 is 10.2 Å². The van der Waals surface area contributed by atoms with Crippen molar-refractivity contribution in [3.05, 3.63) is 29.3 Å². The summed E-state index contributed by atoms with van der Waals surface area (Å²) in [5, 5.41) is 3.38. The van der Waals surface area contributed by atoms with E-state index in [2.05, 4.69) is 37.4 Å². The second-order valence-electron chi connectivity index (χ2n) is 5.76. The molecule has 0 bridgehead atoms. The summed E-state index contributed by atoms with van der Waals surface area (Å²) in [5.41, 5.74) is 3.73. The van der Waals surface area contributed by atoms with Crippen LogP contribution in [0, 0.1) is 5.92 Å². The molecule has 3 nitrogen and oxygen atoms in total. The maximum absolute atomic E-state index is 11.7. The molecular formula is C16H24N2O. The van der Waals surface area contributed by atoms with Crippen molar-refractivity contribution in [1.29, 1.82) is 0 Å². The Morgan fingerprint density at radius 1 is 1.32 bits per heavy atom. The second kappa shape index (κ2) is 5.74. The van der Waals surface area contributed by atoms with Gasteiger partial charge >= 0.3 is 0 Å². The normalized spacial score (nSPS) is 16.7.